The minimum atomic E-state index is -2.86. The van der Waals surface area contributed by atoms with Crippen LogP contribution in [0.25, 0.3) is 0 Å². The number of nitrogens with zero attached hydrogens (tertiary/aromatic N) is 2. The van der Waals surface area contributed by atoms with Crippen LogP contribution in [-0.4, -0.2) is 53.4 Å². The summed E-state index contributed by atoms with van der Waals surface area (Å²) in [5.74, 6) is -2.39. The molecule has 0 saturated heterocycles. The Morgan fingerprint density at radius 2 is 2.11 bits per heavy atom. The first-order chi connectivity index (χ1) is 17.2. The van der Waals surface area contributed by atoms with Crippen molar-refractivity contribution in [2.75, 3.05) is 25.0 Å². The molecule has 1 saturated carbocycles. The first-order valence-corrected chi connectivity index (χ1v) is 13.5. The van der Waals surface area contributed by atoms with Gasteiger partial charge >= 0.3 is 0 Å². The van der Waals surface area contributed by atoms with E-state index in [-0.39, 0.29) is 24.3 Å². The number of amides is 2. The maximum absolute atomic E-state index is 13.1. The van der Waals surface area contributed by atoms with E-state index >= 15 is 0 Å². The molecule has 0 spiro atoms. The van der Waals surface area contributed by atoms with Crippen LogP contribution in [0, 0.1) is 5.92 Å². The summed E-state index contributed by atoms with van der Waals surface area (Å²) in [6.07, 6.45) is 6.32. The molecule has 1 aliphatic carbocycles. The highest BCUT2D eigenvalue weighted by atomic mass is 32.1. The Morgan fingerprint density at radius 1 is 1.31 bits per heavy atom. The average molecular weight is 519 g/mol. The highest BCUT2D eigenvalue weighted by Crippen LogP contribution is 2.32. The van der Waals surface area contributed by atoms with E-state index in [0.29, 0.717) is 16.7 Å². The maximum atomic E-state index is 13.1. The van der Waals surface area contributed by atoms with Crippen molar-refractivity contribution in [3.8, 4) is 5.19 Å². The van der Waals surface area contributed by atoms with Gasteiger partial charge in [0.1, 0.15) is 0 Å². The second kappa shape index (κ2) is 10.4. The van der Waals surface area contributed by atoms with Gasteiger partial charge in [-0.1, -0.05) is 17.4 Å². The van der Waals surface area contributed by atoms with E-state index in [0.717, 1.165) is 86.9 Å². The van der Waals surface area contributed by atoms with Crippen LogP contribution in [0.4, 0.5) is 14.5 Å². The Kier molecular flexibility index (Phi) is 7.25. The molecule has 194 valence electrons. The molecule has 2 aromatic rings. The summed E-state index contributed by atoms with van der Waals surface area (Å²) < 4.78 is 31.3. The standard InChI is InChI=1S/C26H32F2N4O3S/c1-26(27,28)15-35-25-31-21-14-32(12-10-22(21)36-25)11-9-16-5-7-17(8-6-16)29-24(34)18-3-2-4-20-19(18)13-23(33)30-20/h2-4,16-17H,5-15H2,1H3,(H,29,34)(H,30,33). The number of carbonyl (C=O) groups excluding carboxylic acids is 2. The number of nitrogens with one attached hydrogen (secondary N) is 2. The van der Waals surface area contributed by atoms with Gasteiger partial charge in [0, 0.05) is 42.2 Å². The van der Waals surface area contributed by atoms with Crippen LogP contribution < -0.4 is 15.4 Å². The molecular formula is C26H32F2N4O3S. The van der Waals surface area contributed by atoms with Gasteiger partial charge in [-0.25, -0.2) is 13.8 Å². The Hall–Kier alpha value is -2.59. The van der Waals surface area contributed by atoms with E-state index in [9.17, 15) is 18.4 Å². The zero-order valence-electron chi connectivity index (χ0n) is 20.4. The average Bonchev–Trinajstić information content (AvgIpc) is 3.43. The van der Waals surface area contributed by atoms with Crippen molar-refractivity contribution >= 4 is 28.8 Å². The number of hydrogen-bond acceptors (Lipinski definition) is 6. The molecule has 36 heavy (non-hydrogen) atoms. The summed E-state index contributed by atoms with van der Waals surface area (Å²) in [7, 11) is 0. The van der Waals surface area contributed by atoms with Crippen LogP contribution in [-0.2, 0) is 24.2 Å². The first kappa shape index (κ1) is 25.1. The lowest BCUT2D eigenvalue weighted by Gasteiger charge is -2.32. The number of ether oxygens (including phenoxy) is 1. The SMILES string of the molecule is CC(F)(F)COc1nc2c(s1)CCN(CCC1CCC(NC(=O)c3cccc4c3CC(=O)N4)CC1)C2. The van der Waals surface area contributed by atoms with E-state index in [2.05, 4.69) is 20.5 Å². The van der Waals surface area contributed by atoms with Gasteiger partial charge in [0.05, 0.1) is 12.1 Å². The van der Waals surface area contributed by atoms with Crippen LogP contribution >= 0.6 is 11.3 Å². The number of hydrogen-bond donors (Lipinski definition) is 2. The predicted molar refractivity (Wildman–Crippen MR) is 134 cm³/mol. The zero-order valence-corrected chi connectivity index (χ0v) is 21.3. The minimum Gasteiger partial charge on any atom is -0.464 e. The van der Waals surface area contributed by atoms with E-state index in [1.807, 2.05) is 12.1 Å². The number of thiazole rings is 1. The number of aromatic nitrogens is 1. The second-order valence-electron chi connectivity index (χ2n) is 10.3. The van der Waals surface area contributed by atoms with Crippen LogP contribution in [0.15, 0.2) is 18.2 Å². The fourth-order valence-electron chi connectivity index (χ4n) is 5.36. The van der Waals surface area contributed by atoms with Gasteiger partial charge < -0.3 is 15.4 Å². The molecule has 1 fully saturated rings. The van der Waals surface area contributed by atoms with E-state index in [1.54, 1.807) is 6.07 Å². The number of rotatable bonds is 8. The van der Waals surface area contributed by atoms with Crippen LogP contribution in [0.1, 0.15) is 65.5 Å². The molecule has 0 radical (unpaired) electrons. The van der Waals surface area contributed by atoms with Gasteiger partial charge in [-0.2, -0.15) is 0 Å². The molecular weight excluding hydrogens is 486 g/mol. The third kappa shape index (κ3) is 6.03. The molecule has 3 aliphatic rings. The molecule has 2 N–H and O–H groups in total. The number of halogens is 2. The predicted octanol–water partition coefficient (Wildman–Crippen LogP) is 4.41. The van der Waals surface area contributed by atoms with E-state index in [4.69, 9.17) is 4.74 Å². The molecule has 2 amide bonds. The van der Waals surface area contributed by atoms with Gasteiger partial charge in [0.2, 0.25) is 5.91 Å². The largest absolute Gasteiger partial charge is 0.464 e. The third-order valence-electron chi connectivity index (χ3n) is 7.30. The number of alkyl halides is 2. The van der Waals surface area contributed by atoms with Gasteiger partial charge in [-0.15, -0.1) is 0 Å². The van der Waals surface area contributed by atoms with E-state index < -0.39 is 12.5 Å². The Balaban J connectivity index is 1.05. The Bertz CT molecular complexity index is 1120. The summed E-state index contributed by atoms with van der Waals surface area (Å²) in [5.41, 5.74) is 3.08. The molecule has 0 bridgehead atoms. The Labute approximate surface area is 213 Å². The number of benzene rings is 1. The quantitative estimate of drug-likeness (QED) is 0.541. The highest BCUT2D eigenvalue weighted by Gasteiger charge is 2.28. The number of fused-ring (bicyclic) bond motifs is 2. The fourth-order valence-corrected chi connectivity index (χ4v) is 6.26. The molecule has 0 unspecified atom stereocenters. The molecule has 10 heteroatoms. The summed E-state index contributed by atoms with van der Waals surface area (Å²) in [6.45, 7) is 2.87. The second-order valence-corrected chi connectivity index (χ2v) is 11.3. The molecule has 1 aromatic carbocycles. The lowest BCUT2D eigenvalue weighted by Crippen LogP contribution is -2.38. The van der Waals surface area contributed by atoms with Crippen LogP contribution in [0.5, 0.6) is 5.19 Å². The minimum absolute atomic E-state index is 0.0691. The molecule has 0 atom stereocenters. The lowest BCUT2D eigenvalue weighted by atomic mass is 9.83. The first-order valence-electron chi connectivity index (χ1n) is 12.7. The van der Waals surface area contributed by atoms with Crippen molar-refractivity contribution in [3.63, 3.8) is 0 Å². The topological polar surface area (TPSA) is 83.6 Å². The van der Waals surface area contributed by atoms with Crippen molar-refractivity contribution in [1.29, 1.82) is 0 Å². The van der Waals surface area contributed by atoms with Crippen molar-refractivity contribution in [3.05, 3.63) is 39.9 Å². The maximum Gasteiger partial charge on any atom is 0.278 e. The molecule has 2 aliphatic heterocycles. The molecule has 3 heterocycles. The number of carbonyl (C=O) groups is 2. The third-order valence-corrected chi connectivity index (χ3v) is 8.37. The van der Waals surface area contributed by atoms with Crippen LogP contribution in [0.2, 0.25) is 0 Å². The van der Waals surface area contributed by atoms with Crippen molar-refractivity contribution in [2.24, 2.45) is 5.92 Å². The summed E-state index contributed by atoms with van der Waals surface area (Å²) in [5, 5.41) is 6.33. The van der Waals surface area contributed by atoms with Gasteiger partial charge in [0.15, 0.2) is 6.61 Å². The van der Waals surface area contributed by atoms with Crippen molar-refractivity contribution < 1.29 is 23.1 Å². The summed E-state index contributed by atoms with van der Waals surface area (Å²) in [4.78, 5) is 32.6. The van der Waals surface area contributed by atoms with E-state index in [1.165, 1.54) is 11.3 Å². The van der Waals surface area contributed by atoms with Crippen LogP contribution in [0.3, 0.4) is 0 Å². The van der Waals surface area contributed by atoms with Gasteiger partial charge in [0.25, 0.3) is 17.0 Å². The smallest absolute Gasteiger partial charge is 0.278 e. The van der Waals surface area contributed by atoms with Gasteiger partial charge in [-0.05, 0) is 68.7 Å². The fraction of sp³-hybridized carbons (Fsp3) is 0.577. The molecule has 7 nitrogen and oxygen atoms in total. The molecule has 1 aromatic heterocycles. The highest BCUT2D eigenvalue weighted by molar-refractivity contribution is 7.13. The summed E-state index contributed by atoms with van der Waals surface area (Å²) in [6, 6.07) is 5.60. The lowest BCUT2D eigenvalue weighted by molar-refractivity contribution is -0.115. The zero-order chi connectivity index (χ0) is 25.3. The molecule has 5 rings (SSSR count). The van der Waals surface area contributed by atoms with Crippen molar-refractivity contribution in [2.45, 2.75) is 70.4 Å². The number of anilines is 1. The normalized spacial score (nSPS) is 22.0. The van der Waals surface area contributed by atoms with Crippen molar-refractivity contribution in [1.82, 2.24) is 15.2 Å². The summed E-state index contributed by atoms with van der Waals surface area (Å²) >= 11 is 1.39. The van der Waals surface area contributed by atoms with Gasteiger partial charge in [-0.3, -0.25) is 14.5 Å². The monoisotopic (exact) mass is 518 g/mol. The Morgan fingerprint density at radius 3 is 2.89 bits per heavy atom.